The molecule has 3 N–H and O–H groups in total. The molecule has 8 nitrogen and oxygen atoms in total. The van der Waals surface area contributed by atoms with Gasteiger partial charge in [0, 0.05) is 19.0 Å². The van der Waals surface area contributed by atoms with E-state index in [-0.39, 0.29) is 24.6 Å². The van der Waals surface area contributed by atoms with Crippen LogP contribution in [0.5, 0.6) is 0 Å². The number of benzene rings is 1. The van der Waals surface area contributed by atoms with E-state index in [4.69, 9.17) is 5.73 Å². The molecule has 0 saturated carbocycles. The normalized spacial score (nSPS) is 9.83. The van der Waals surface area contributed by atoms with Crippen LogP contribution in [0.3, 0.4) is 0 Å². The largest absolute Gasteiger partial charge is 0.468 e. The Bertz CT molecular complexity index is 615. The van der Waals surface area contributed by atoms with Gasteiger partial charge in [-0.15, -0.1) is 0 Å². The predicted octanol–water partition coefficient (Wildman–Crippen LogP) is -0.577. The molecule has 1 rings (SSSR count). The smallest absolute Gasteiger partial charge is 0.325 e. The molecule has 0 atom stereocenters. The van der Waals surface area contributed by atoms with Crippen LogP contribution in [0.25, 0.3) is 0 Å². The number of amides is 3. The average molecular weight is 321 g/mol. The number of hydrogen-bond acceptors (Lipinski definition) is 5. The summed E-state index contributed by atoms with van der Waals surface area (Å²) < 4.78 is 4.50. The Morgan fingerprint density at radius 2 is 1.91 bits per heavy atom. The van der Waals surface area contributed by atoms with E-state index in [1.165, 1.54) is 14.0 Å². The van der Waals surface area contributed by atoms with E-state index in [1.54, 1.807) is 24.3 Å². The van der Waals surface area contributed by atoms with E-state index in [2.05, 4.69) is 10.1 Å². The molecule has 8 heteroatoms. The highest BCUT2D eigenvalue weighted by Crippen LogP contribution is 2.09. The van der Waals surface area contributed by atoms with Crippen LogP contribution in [0.2, 0.25) is 0 Å². The van der Waals surface area contributed by atoms with E-state index >= 15 is 0 Å². The second-order valence-electron chi connectivity index (χ2n) is 4.81. The molecule has 0 spiro atoms. The Balaban J connectivity index is 2.93. The molecule has 3 amide bonds. The molecule has 0 unspecified atom stereocenters. The highest BCUT2D eigenvalue weighted by molar-refractivity contribution is 5.98. The number of carbonyl (C=O) groups excluding carboxylic acids is 4. The fraction of sp³-hybridized carbons (Fsp3) is 0.333. The summed E-state index contributed by atoms with van der Waals surface area (Å²) in [4.78, 5) is 46.8. The molecule has 0 fully saturated rings. The lowest BCUT2D eigenvalue weighted by Crippen LogP contribution is -2.41. The summed E-state index contributed by atoms with van der Waals surface area (Å²) in [6, 6.07) is 6.50. The number of nitrogens with one attached hydrogen (secondary N) is 1. The van der Waals surface area contributed by atoms with E-state index < -0.39 is 24.3 Å². The summed E-state index contributed by atoms with van der Waals surface area (Å²) in [5.74, 6) is -2.12. The predicted molar refractivity (Wildman–Crippen MR) is 81.1 cm³/mol. The zero-order valence-electron chi connectivity index (χ0n) is 13.0. The second kappa shape index (κ2) is 8.52. The summed E-state index contributed by atoms with van der Waals surface area (Å²) in [6.07, 6.45) is 0. The monoisotopic (exact) mass is 321 g/mol. The molecule has 0 bridgehead atoms. The van der Waals surface area contributed by atoms with Gasteiger partial charge in [0.1, 0.15) is 13.1 Å². The number of rotatable bonds is 7. The van der Waals surface area contributed by atoms with Crippen molar-refractivity contribution in [2.75, 3.05) is 20.2 Å². The maximum Gasteiger partial charge on any atom is 0.325 e. The fourth-order valence-corrected chi connectivity index (χ4v) is 1.83. The van der Waals surface area contributed by atoms with Crippen LogP contribution < -0.4 is 11.1 Å². The highest BCUT2D eigenvalue weighted by atomic mass is 16.5. The van der Waals surface area contributed by atoms with E-state index in [0.717, 1.165) is 4.90 Å². The first kappa shape index (κ1) is 18.1. The number of nitrogens with zero attached hydrogens (tertiary/aromatic N) is 1. The van der Waals surface area contributed by atoms with Gasteiger partial charge < -0.3 is 20.7 Å². The number of hydrogen-bond donors (Lipinski definition) is 2. The third-order valence-electron chi connectivity index (χ3n) is 2.90. The Labute approximate surface area is 133 Å². The molecule has 0 aromatic heterocycles. The summed E-state index contributed by atoms with van der Waals surface area (Å²) >= 11 is 0. The topological polar surface area (TPSA) is 119 Å². The molecule has 23 heavy (non-hydrogen) atoms. The zero-order valence-corrected chi connectivity index (χ0v) is 13.0. The maximum absolute atomic E-state index is 12.4. The Kier molecular flexibility index (Phi) is 6.72. The molecule has 1 aromatic carbocycles. The zero-order chi connectivity index (χ0) is 17.4. The summed E-state index contributed by atoms with van der Waals surface area (Å²) in [5.41, 5.74) is 6.09. The van der Waals surface area contributed by atoms with Gasteiger partial charge in [-0.05, 0) is 17.7 Å². The number of esters is 1. The van der Waals surface area contributed by atoms with Crippen molar-refractivity contribution in [1.29, 1.82) is 0 Å². The number of methoxy groups -OCH3 is 1. The Morgan fingerprint density at radius 1 is 1.22 bits per heavy atom. The van der Waals surface area contributed by atoms with Crippen molar-refractivity contribution < 1.29 is 23.9 Å². The number of ether oxygens (including phenoxy) is 1. The minimum Gasteiger partial charge on any atom is -0.468 e. The summed E-state index contributed by atoms with van der Waals surface area (Å²) in [6.45, 7) is 0.876. The minimum absolute atomic E-state index is 0.192. The molecule has 0 heterocycles. The minimum atomic E-state index is -0.739. The van der Waals surface area contributed by atoms with Gasteiger partial charge in [-0.1, -0.05) is 12.1 Å². The number of carbonyl (C=O) groups is 4. The van der Waals surface area contributed by atoms with Gasteiger partial charge in [-0.25, -0.2) is 0 Å². The number of primary amides is 1. The highest BCUT2D eigenvalue weighted by Gasteiger charge is 2.21. The van der Waals surface area contributed by atoms with Gasteiger partial charge >= 0.3 is 5.97 Å². The second-order valence-corrected chi connectivity index (χ2v) is 4.81. The summed E-state index contributed by atoms with van der Waals surface area (Å²) in [5, 5.41) is 2.62. The Morgan fingerprint density at radius 3 is 2.48 bits per heavy atom. The van der Waals surface area contributed by atoms with Crippen LogP contribution in [0, 0.1) is 0 Å². The van der Waals surface area contributed by atoms with Crippen LogP contribution in [0.4, 0.5) is 0 Å². The molecule has 0 aliphatic rings. The van der Waals surface area contributed by atoms with Crippen molar-refractivity contribution in [3.63, 3.8) is 0 Å². The molecular formula is C15H19N3O5. The van der Waals surface area contributed by atoms with Crippen LogP contribution in [-0.2, 0) is 25.7 Å². The number of nitrogens with two attached hydrogens (primary N) is 1. The average Bonchev–Trinajstić information content (AvgIpc) is 2.51. The lowest BCUT2D eigenvalue weighted by Gasteiger charge is -2.20. The van der Waals surface area contributed by atoms with Gasteiger partial charge in [0.2, 0.25) is 11.8 Å². The van der Waals surface area contributed by atoms with Crippen molar-refractivity contribution in [2.24, 2.45) is 5.73 Å². The fourth-order valence-electron chi connectivity index (χ4n) is 1.83. The van der Waals surface area contributed by atoms with E-state index in [9.17, 15) is 19.2 Å². The van der Waals surface area contributed by atoms with Crippen molar-refractivity contribution in [2.45, 2.75) is 13.5 Å². The van der Waals surface area contributed by atoms with Gasteiger partial charge in [0.05, 0.1) is 7.11 Å². The first-order valence-corrected chi connectivity index (χ1v) is 6.81. The third kappa shape index (κ3) is 6.16. The standard InChI is InChI=1S/C15H19N3O5/c1-10(19)17-7-11-4-3-5-12(6-11)15(22)18(8-13(16)20)9-14(21)23-2/h3-6H,7-9H2,1-2H3,(H2,16,20)(H,17,19). The van der Waals surface area contributed by atoms with E-state index in [1.807, 2.05) is 0 Å². The molecule has 0 radical (unpaired) electrons. The van der Waals surface area contributed by atoms with Crippen LogP contribution in [0.15, 0.2) is 24.3 Å². The van der Waals surface area contributed by atoms with Gasteiger partial charge in [-0.2, -0.15) is 0 Å². The quantitative estimate of drug-likeness (QED) is 0.651. The van der Waals surface area contributed by atoms with E-state index in [0.29, 0.717) is 5.56 Å². The molecule has 0 saturated heterocycles. The first-order valence-electron chi connectivity index (χ1n) is 6.81. The first-order chi connectivity index (χ1) is 10.8. The third-order valence-corrected chi connectivity index (χ3v) is 2.90. The van der Waals surface area contributed by atoms with Crippen molar-refractivity contribution in [3.05, 3.63) is 35.4 Å². The van der Waals surface area contributed by atoms with Crippen molar-refractivity contribution in [1.82, 2.24) is 10.2 Å². The van der Waals surface area contributed by atoms with Crippen molar-refractivity contribution >= 4 is 23.7 Å². The lowest BCUT2D eigenvalue weighted by molar-refractivity contribution is -0.141. The lowest BCUT2D eigenvalue weighted by atomic mass is 10.1. The van der Waals surface area contributed by atoms with Crippen molar-refractivity contribution in [3.8, 4) is 0 Å². The van der Waals surface area contributed by atoms with Crippen LogP contribution in [0.1, 0.15) is 22.8 Å². The van der Waals surface area contributed by atoms with Gasteiger partial charge in [-0.3, -0.25) is 19.2 Å². The molecule has 124 valence electrons. The molecule has 1 aromatic rings. The molecule has 0 aliphatic heterocycles. The molecule has 0 aliphatic carbocycles. The summed E-state index contributed by atoms with van der Waals surface area (Å²) in [7, 11) is 1.18. The SMILES string of the molecule is COC(=O)CN(CC(N)=O)C(=O)c1cccc(CNC(C)=O)c1. The van der Waals surface area contributed by atoms with Gasteiger partial charge in [0.25, 0.3) is 5.91 Å². The van der Waals surface area contributed by atoms with Crippen LogP contribution in [-0.4, -0.2) is 48.8 Å². The van der Waals surface area contributed by atoms with Gasteiger partial charge in [0.15, 0.2) is 0 Å². The molecular weight excluding hydrogens is 302 g/mol. The maximum atomic E-state index is 12.4. The van der Waals surface area contributed by atoms with Crippen LogP contribution >= 0.6 is 0 Å². The Hall–Kier alpha value is -2.90.